The zero-order valence-electron chi connectivity index (χ0n) is 24.4. The third kappa shape index (κ3) is 5.48. The van der Waals surface area contributed by atoms with Crippen LogP contribution in [0.4, 0.5) is 0 Å². The van der Waals surface area contributed by atoms with E-state index in [0.717, 1.165) is 47.3 Å². The molecular formula is C34H61NO. The minimum Gasteiger partial charge on any atom is -0.314 e. The Hall–Kier alpha value is -0.0800. The predicted octanol–water partition coefficient (Wildman–Crippen LogP) is 9.89. The van der Waals surface area contributed by atoms with Gasteiger partial charge in [0.15, 0.2) is 0 Å². The van der Waals surface area contributed by atoms with Gasteiger partial charge in [0.1, 0.15) is 0 Å². The summed E-state index contributed by atoms with van der Waals surface area (Å²) in [5, 5.41) is 11.5. The number of unbranched alkanes of at least 4 members (excludes halogenated alkanes) is 2. The van der Waals surface area contributed by atoms with E-state index in [9.17, 15) is 5.21 Å². The van der Waals surface area contributed by atoms with Crippen LogP contribution < -0.4 is 0 Å². The van der Waals surface area contributed by atoms with Crippen LogP contribution in [-0.2, 0) is 0 Å². The number of nitrogens with zero attached hydrogens (tertiary/aromatic N) is 1. The summed E-state index contributed by atoms with van der Waals surface area (Å²) < 4.78 is 0. The summed E-state index contributed by atoms with van der Waals surface area (Å²) in [6.07, 6.45) is 31.1. The van der Waals surface area contributed by atoms with E-state index in [1.54, 1.807) is 57.8 Å². The van der Waals surface area contributed by atoms with Gasteiger partial charge >= 0.3 is 0 Å². The second kappa shape index (κ2) is 12.4. The van der Waals surface area contributed by atoms with Crippen LogP contribution in [0.1, 0.15) is 149 Å². The van der Waals surface area contributed by atoms with Crippen LogP contribution in [0.5, 0.6) is 0 Å². The lowest BCUT2D eigenvalue weighted by atomic mass is 9.57. The van der Waals surface area contributed by atoms with Gasteiger partial charge in [0, 0.05) is 13.1 Å². The molecule has 5 fully saturated rings. The van der Waals surface area contributed by atoms with Crippen LogP contribution >= 0.6 is 0 Å². The fourth-order valence-electron chi connectivity index (χ4n) is 11.4. The van der Waals surface area contributed by atoms with Crippen molar-refractivity contribution in [2.45, 2.75) is 155 Å². The van der Waals surface area contributed by atoms with Crippen molar-refractivity contribution in [1.29, 1.82) is 0 Å². The van der Waals surface area contributed by atoms with Crippen molar-refractivity contribution in [2.24, 2.45) is 52.8 Å². The van der Waals surface area contributed by atoms with Crippen LogP contribution in [0.25, 0.3) is 0 Å². The molecule has 0 aromatic heterocycles. The Kier molecular flexibility index (Phi) is 9.47. The molecule has 2 heteroatoms. The molecule has 5 rings (SSSR count). The molecule has 208 valence electrons. The van der Waals surface area contributed by atoms with E-state index < -0.39 is 0 Å². The Balaban J connectivity index is 1.36. The number of hydrogen-bond acceptors (Lipinski definition) is 2. The topological polar surface area (TPSA) is 23.5 Å². The van der Waals surface area contributed by atoms with Gasteiger partial charge in [-0.3, -0.25) is 0 Å². The number of rotatable bonds is 9. The van der Waals surface area contributed by atoms with Gasteiger partial charge in [-0.1, -0.05) is 71.6 Å². The van der Waals surface area contributed by atoms with Crippen molar-refractivity contribution in [2.75, 3.05) is 7.05 Å². The molecule has 6 atom stereocenters. The van der Waals surface area contributed by atoms with Crippen LogP contribution in [0.2, 0.25) is 0 Å². The second-order valence-corrected chi connectivity index (χ2v) is 14.7. The highest BCUT2D eigenvalue weighted by Gasteiger charge is 2.61. The third-order valence-electron chi connectivity index (χ3n) is 13.2. The van der Waals surface area contributed by atoms with Gasteiger partial charge in [-0.2, -0.15) is 5.06 Å². The summed E-state index contributed by atoms with van der Waals surface area (Å²) in [6, 6.07) is 0.414. The Morgan fingerprint density at radius 2 is 1.08 bits per heavy atom. The van der Waals surface area contributed by atoms with Crippen molar-refractivity contribution in [3.05, 3.63) is 0 Å². The van der Waals surface area contributed by atoms with E-state index in [4.69, 9.17) is 0 Å². The third-order valence-corrected chi connectivity index (χ3v) is 13.2. The molecule has 0 aromatic rings. The van der Waals surface area contributed by atoms with Crippen LogP contribution in [-0.4, -0.2) is 23.4 Å². The molecule has 5 saturated carbocycles. The van der Waals surface area contributed by atoms with Gasteiger partial charge in [-0.25, -0.2) is 0 Å². The minimum absolute atomic E-state index is 0.414. The lowest BCUT2D eigenvalue weighted by Gasteiger charge is -2.48. The summed E-state index contributed by atoms with van der Waals surface area (Å²) in [5.74, 6) is 8.29. The summed E-state index contributed by atoms with van der Waals surface area (Å²) in [5.41, 5.74) is 0.676. The van der Waals surface area contributed by atoms with Crippen molar-refractivity contribution < 1.29 is 5.21 Å². The van der Waals surface area contributed by atoms with Crippen LogP contribution in [0.15, 0.2) is 0 Å². The summed E-state index contributed by atoms with van der Waals surface area (Å²) in [7, 11) is 1.87. The predicted molar refractivity (Wildman–Crippen MR) is 152 cm³/mol. The zero-order chi connectivity index (χ0) is 25.1. The molecule has 0 radical (unpaired) electrons. The average Bonchev–Trinajstić information content (AvgIpc) is 3.19. The second-order valence-electron chi connectivity index (χ2n) is 14.7. The van der Waals surface area contributed by atoms with E-state index in [0.29, 0.717) is 11.5 Å². The number of fused-ring (bicyclic) bond motifs is 3. The van der Waals surface area contributed by atoms with Gasteiger partial charge < -0.3 is 5.21 Å². The van der Waals surface area contributed by atoms with Gasteiger partial charge in [-0.15, -0.1) is 0 Å². The van der Waals surface area contributed by atoms with Crippen molar-refractivity contribution in [1.82, 2.24) is 5.06 Å². The minimum atomic E-state index is 0.414. The lowest BCUT2D eigenvalue weighted by molar-refractivity contribution is -0.116. The van der Waals surface area contributed by atoms with E-state index in [1.807, 2.05) is 7.05 Å². The SMILES string of the molecule is CCCCC1(CCCC)C2C[C@@H]([C@H]3CC[C@@H](N(C)O)CC3)CC[C@H]2[C@H]2CC[C@@H](C3CCCCC3)CC21. The lowest BCUT2D eigenvalue weighted by Crippen LogP contribution is -2.40. The average molecular weight is 500 g/mol. The Labute approximate surface area is 224 Å². The zero-order valence-corrected chi connectivity index (χ0v) is 24.4. The molecule has 0 saturated heterocycles. The molecular weight excluding hydrogens is 438 g/mol. The summed E-state index contributed by atoms with van der Waals surface area (Å²) in [4.78, 5) is 0. The first-order valence-electron chi connectivity index (χ1n) is 17.0. The highest BCUT2D eigenvalue weighted by atomic mass is 16.5. The Morgan fingerprint density at radius 3 is 1.56 bits per heavy atom. The van der Waals surface area contributed by atoms with Crippen LogP contribution in [0, 0.1) is 52.8 Å². The first kappa shape index (κ1) is 27.5. The van der Waals surface area contributed by atoms with Gasteiger partial charge in [0.05, 0.1) is 0 Å². The van der Waals surface area contributed by atoms with Gasteiger partial charge in [0.25, 0.3) is 0 Å². The Morgan fingerprint density at radius 1 is 0.611 bits per heavy atom. The fourth-order valence-corrected chi connectivity index (χ4v) is 11.4. The standard InChI is InChI=1S/C34H61NO/c1-4-6-21-34(22-7-5-2)32-23-27(25-11-9-8-10-12-25)15-19-30(32)31-20-16-28(24-33(31)34)26-13-17-29(18-14-26)35(3)36/h25-33,36H,4-24H2,1-3H3/t26-,27-,28+,29+,30-,31+,32?,33?/m1/s1. The molecule has 0 heterocycles. The normalized spacial score (nSPS) is 41.2. The molecule has 1 N–H and O–H groups in total. The molecule has 5 aliphatic carbocycles. The van der Waals surface area contributed by atoms with Gasteiger partial charge in [0.2, 0.25) is 0 Å². The Bertz CT molecular complexity index is 652. The molecule has 36 heavy (non-hydrogen) atoms. The first-order valence-corrected chi connectivity index (χ1v) is 17.0. The molecule has 0 spiro atoms. The van der Waals surface area contributed by atoms with E-state index in [-0.39, 0.29) is 0 Å². The number of hydrogen-bond donors (Lipinski definition) is 1. The van der Waals surface area contributed by atoms with E-state index >= 15 is 0 Å². The molecule has 5 aliphatic rings. The summed E-state index contributed by atoms with van der Waals surface area (Å²) >= 11 is 0. The highest BCUT2D eigenvalue weighted by molar-refractivity contribution is 5.10. The highest BCUT2D eigenvalue weighted by Crippen LogP contribution is 2.69. The first-order chi connectivity index (χ1) is 17.6. The number of hydroxylamine groups is 2. The molecule has 0 bridgehead atoms. The van der Waals surface area contributed by atoms with Crippen LogP contribution in [0.3, 0.4) is 0 Å². The maximum absolute atomic E-state index is 10.00. The van der Waals surface area contributed by atoms with Crippen molar-refractivity contribution in [3.8, 4) is 0 Å². The fraction of sp³-hybridized carbons (Fsp3) is 1.00. The van der Waals surface area contributed by atoms with Crippen molar-refractivity contribution in [3.63, 3.8) is 0 Å². The smallest absolute Gasteiger partial charge is 0.0347 e. The molecule has 0 aromatic carbocycles. The molecule has 2 nitrogen and oxygen atoms in total. The van der Waals surface area contributed by atoms with E-state index in [1.165, 1.54) is 82.1 Å². The van der Waals surface area contributed by atoms with Gasteiger partial charge in [-0.05, 0) is 130 Å². The quantitative estimate of drug-likeness (QED) is 0.319. The molecule has 0 aliphatic heterocycles. The maximum Gasteiger partial charge on any atom is 0.0347 e. The molecule has 2 unspecified atom stereocenters. The molecule has 0 amide bonds. The monoisotopic (exact) mass is 499 g/mol. The summed E-state index contributed by atoms with van der Waals surface area (Å²) in [6.45, 7) is 4.90. The largest absolute Gasteiger partial charge is 0.314 e. The van der Waals surface area contributed by atoms with E-state index in [2.05, 4.69) is 13.8 Å². The maximum atomic E-state index is 10.00. The van der Waals surface area contributed by atoms with Crippen molar-refractivity contribution >= 4 is 0 Å².